The van der Waals surface area contributed by atoms with Crippen LogP contribution in [-0.2, 0) is 9.78 Å². The van der Waals surface area contributed by atoms with Crippen molar-refractivity contribution in [2.45, 2.75) is 25.4 Å². The minimum absolute atomic E-state index is 0.499. The van der Waals surface area contributed by atoms with Crippen LogP contribution < -0.4 is 0 Å². The summed E-state index contributed by atoms with van der Waals surface area (Å²) in [6, 6.07) is 0. The monoisotopic (exact) mass is 238 g/mol. The van der Waals surface area contributed by atoms with Gasteiger partial charge in [-0.2, -0.15) is 0 Å². The van der Waals surface area contributed by atoms with Crippen molar-refractivity contribution in [1.29, 1.82) is 0 Å². The second-order valence-corrected chi connectivity index (χ2v) is 18.9. The zero-order valence-electron chi connectivity index (χ0n) is 6.31. The Hall–Kier alpha value is 0.719. The molecule has 3 heteroatoms. The molecule has 0 spiro atoms. The van der Waals surface area contributed by atoms with Gasteiger partial charge in [-0.1, -0.05) is 0 Å². The molecule has 0 N–H and O–H groups in total. The maximum absolute atomic E-state index is 5.11. The van der Waals surface area contributed by atoms with E-state index in [1.54, 1.807) is 0 Å². The van der Waals surface area contributed by atoms with Crippen LogP contribution in [-0.4, -0.2) is 29.1 Å². The van der Waals surface area contributed by atoms with Crippen molar-refractivity contribution in [2.24, 2.45) is 0 Å². The zero-order chi connectivity index (χ0) is 6.91. The van der Waals surface area contributed by atoms with Crippen LogP contribution in [0.25, 0.3) is 0 Å². The molecule has 1 fully saturated rings. The molecule has 9 heavy (non-hydrogen) atoms. The van der Waals surface area contributed by atoms with Gasteiger partial charge in [0.1, 0.15) is 0 Å². The molecule has 0 aliphatic carbocycles. The first kappa shape index (κ1) is 7.82. The topological polar surface area (TPSA) is 18.5 Å². The summed E-state index contributed by atoms with van der Waals surface area (Å²) < 4.78 is 0.499. The zero-order valence-corrected chi connectivity index (χ0v) is 9.16. The van der Waals surface area contributed by atoms with Gasteiger partial charge in [0.05, 0.1) is 0 Å². The molecule has 0 radical (unpaired) electrons. The Morgan fingerprint density at radius 3 is 2.22 bits per heavy atom. The van der Waals surface area contributed by atoms with E-state index in [-0.39, 0.29) is 0 Å². The predicted molar refractivity (Wildman–Crippen MR) is 38.8 cm³/mol. The Morgan fingerprint density at radius 2 is 2.00 bits per heavy atom. The van der Waals surface area contributed by atoms with Crippen LogP contribution in [0.5, 0.6) is 0 Å². The molecule has 0 aromatic carbocycles. The Bertz CT molecular complexity index is 91.7. The fourth-order valence-electron chi connectivity index (χ4n) is 0.911. The molecule has 1 atom stereocenters. The van der Waals surface area contributed by atoms with Gasteiger partial charge >= 0.3 is 60.1 Å². The third-order valence-electron chi connectivity index (χ3n) is 1.61. The van der Waals surface area contributed by atoms with Crippen LogP contribution in [0.4, 0.5) is 0 Å². The first-order valence-corrected chi connectivity index (χ1v) is 13.6. The second-order valence-electron chi connectivity index (χ2n) is 3.56. The Morgan fingerprint density at radius 1 is 1.33 bits per heavy atom. The fraction of sp³-hybridized carbons (Fsp3) is 1.00. The Labute approximate surface area is 60.3 Å². The molecular weight excluding hydrogens is 223 g/mol. The van der Waals surface area contributed by atoms with E-state index >= 15 is 0 Å². The van der Waals surface area contributed by atoms with E-state index in [9.17, 15) is 0 Å². The van der Waals surface area contributed by atoms with Crippen LogP contribution in [0.3, 0.4) is 0 Å². The van der Waals surface area contributed by atoms with Crippen LogP contribution >= 0.6 is 0 Å². The summed E-state index contributed by atoms with van der Waals surface area (Å²) in [7, 11) is 0. The number of hydrogen-bond donors (Lipinski definition) is 0. The first-order chi connectivity index (χ1) is 4.11. The van der Waals surface area contributed by atoms with Crippen molar-refractivity contribution in [3.8, 4) is 0 Å². The summed E-state index contributed by atoms with van der Waals surface area (Å²) >= 11 is -1.74. The molecule has 0 aromatic rings. The van der Waals surface area contributed by atoms with Crippen molar-refractivity contribution in [3.05, 3.63) is 0 Å². The van der Waals surface area contributed by atoms with Crippen LogP contribution in [0.1, 0.15) is 6.42 Å². The molecule has 1 unspecified atom stereocenters. The molecular formula is C6H14O2Sn. The van der Waals surface area contributed by atoms with Crippen molar-refractivity contribution < 1.29 is 9.78 Å². The molecule has 1 heterocycles. The summed E-state index contributed by atoms with van der Waals surface area (Å²) in [5.41, 5.74) is 0. The van der Waals surface area contributed by atoms with Gasteiger partial charge in [0.15, 0.2) is 0 Å². The standard InChI is InChI=1S/C3H5O2.3CH3.Sn/c1-2-4-5-3-1;;;;/h2H,1,3H2;3*1H3;. The van der Waals surface area contributed by atoms with E-state index in [0.29, 0.717) is 4.12 Å². The van der Waals surface area contributed by atoms with Crippen molar-refractivity contribution in [3.63, 3.8) is 0 Å². The fourth-order valence-corrected chi connectivity index (χ4v) is 4.74. The van der Waals surface area contributed by atoms with E-state index in [2.05, 4.69) is 14.8 Å². The predicted octanol–water partition coefficient (Wildman–Crippen LogP) is 1.58. The molecule has 1 rings (SSSR count). The summed E-state index contributed by atoms with van der Waals surface area (Å²) in [6.45, 7) is 0.804. The van der Waals surface area contributed by atoms with Crippen LogP contribution in [0, 0.1) is 0 Å². The summed E-state index contributed by atoms with van der Waals surface area (Å²) in [6.07, 6.45) is 1.12. The maximum atomic E-state index is 5.11. The third-order valence-corrected chi connectivity index (χ3v) is 8.23. The van der Waals surface area contributed by atoms with Gasteiger partial charge in [-0.25, -0.2) is 0 Å². The van der Waals surface area contributed by atoms with Gasteiger partial charge in [0, 0.05) is 0 Å². The van der Waals surface area contributed by atoms with E-state index in [4.69, 9.17) is 9.78 Å². The molecule has 2 nitrogen and oxygen atoms in total. The molecule has 1 aliphatic rings. The van der Waals surface area contributed by atoms with E-state index < -0.39 is 18.4 Å². The summed E-state index contributed by atoms with van der Waals surface area (Å²) in [4.78, 5) is 17.1. The quantitative estimate of drug-likeness (QED) is 0.509. The van der Waals surface area contributed by atoms with Crippen molar-refractivity contribution in [2.75, 3.05) is 6.61 Å². The average molecular weight is 237 g/mol. The SMILES string of the molecule is [CH3][Sn]([CH3])([CH3])[CH]1CCOO1. The minimum atomic E-state index is -1.74. The van der Waals surface area contributed by atoms with E-state index in [0.717, 1.165) is 13.0 Å². The number of rotatable bonds is 1. The Balaban J connectivity index is 2.42. The average Bonchev–Trinajstić information content (AvgIpc) is 2.08. The van der Waals surface area contributed by atoms with Gasteiger partial charge in [-0.15, -0.1) is 0 Å². The van der Waals surface area contributed by atoms with Gasteiger partial charge in [-0.05, 0) is 0 Å². The van der Waals surface area contributed by atoms with E-state index in [1.165, 1.54) is 0 Å². The molecule has 0 amide bonds. The van der Waals surface area contributed by atoms with Gasteiger partial charge in [-0.3, -0.25) is 0 Å². The molecule has 1 saturated heterocycles. The van der Waals surface area contributed by atoms with Crippen molar-refractivity contribution in [1.82, 2.24) is 0 Å². The van der Waals surface area contributed by atoms with Crippen molar-refractivity contribution >= 4 is 18.4 Å². The third kappa shape index (κ3) is 2.09. The van der Waals surface area contributed by atoms with Gasteiger partial charge in [0.25, 0.3) is 0 Å². The summed E-state index contributed by atoms with van der Waals surface area (Å²) in [5.74, 6) is 0. The molecule has 0 saturated carbocycles. The van der Waals surface area contributed by atoms with Crippen LogP contribution in [0.2, 0.25) is 14.8 Å². The second kappa shape index (κ2) is 2.76. The first-order valence-electron chi connectivity index (χ1n) is 3.39. The number of hydrogen-bond acceptors (Lipinski definition) is 2. The summed E-state index contributed by atoms with van der Waals surface area (Å²) in [5, 5.41) is 0. The molecule has 0 aromatic heterocycles. The Kier molecular flexibility index (Phi) is 2.40. The van der Waals surface area contributed by atoms with E-state index in [1.807, 2.05) is 0 Å². The normalized spacial score (nSPS) is 29.0. The molecule has 1 aliphatic heterocycles. The molecule has 54 valence electrons. The molecule has 0 bridgehead atoms. The van der Waals surface area contributed by atoms with Crippen LogP contribution in [0.15, 0.2) is 0 Å². The van der Waals surface area contributed by atoms with Gasteiger partial charge < -0.3 is 0 Å². The van der Waals surface area contributed by atoms with Gasteiger partial charge in [0.2, 0.25) is 0 Å².